The molecule has 13 heavy (non-hydrogen) atoms. The first-order valence-corrected chi connectivity index (χ1v) is 5.13. The highest BCUT2D eigenvalue weighted by molar-refractivity contribution is 14.1. The molecule has 2 rings (SSSR count). The zero-order valence-corrected chi connectivity index (χ0v) is 9.42. The molecule has 3 nitrogen and oxygen atoms in total. The summed E-state index contributed by atoms with van der Waals surface area (Å²) in [6.45, 7) is 2.54. The van der Waals surface area contributed by atoms with Gasteiger partial charge in [-0.1, -0.05) is 0 Å². The van der Waals surface area contributed by atoms with Crippen LogP contribution in [0.3, 0.4) is 0 Å². The molecule has 0 spiro atoms. The van der Waals surface area contributed by atoms with Crippen molar-refractivity contribution < 1.29 is 0 Å². The monoisotopic (exact) mass is 287 g/mol. The normalized spacial score (nSPS) is 11.0. The van der Waals surface area contributed by atoms with Gasteiger partial charge in [-0.2, -0.15) is 0 Å². The van der Waals surface area contributed by atoms with Crippen molar-refractivity contribution in [2.24, 2.45) is 5.73 Å². The van der Waals surface area contributed by atoms with Gasteiger partial charge in [0.1, 0.15) is 11.3 Å². The van der Waals surface area contributed by atoms with Gasteiger partial charge >= 0.3 is 0 Å². The van der Waals surface area contributed by atoms with Crippen LogP contribution in [0.4, 0.5) is 0 Å². The highest BCUT2D eigenvalue weighted by atomic mass is 127. The number of imidazole rings is 1. The van der Waals surface area contributed by atoms with Crippen molar-refractivity contribution in [2.75, 3.05) is 0 Å². The SMILES string of the molecule is Cc1cc(I)c2nc(CN)[nH]c2c1. The number of fused-ring (bicyclic) bond motifs is 1. The number of aromatic nitrogens is 2. The Morgan fingerprint density at radius 3 is 3.00 bits per heavy atom. The fraction of sp³-hybridized carbons (Fsp3) is 0.222. The molecule has 3 N–H and O–H groups in total. The predicted molar refractivity (Wildman–Crippen MR) is 61.4 cm³/mol. The summed E-state index contributed by atoms with van der Waals surface area (Å²) in [5.41, 5.74) is 8.84. The molecule has 1 aromatic carbocycles. The molecule has 0 aliphatic heterocycles. The number of H-pyrrole nitrogens is 1. The van der Waals surface area contributed by atoms with Crippen molar-refractivity contribution in [1.29, 1.82) is 0 Å². The third-order valence-corrected chi connectivity index (χ3v) is 2.75. The largest absolute Gasteiger partial charge is 0.341 e. The standard InChI is InChI=1S/C9H10IN3/c1-5-2-6(10)9-7(3-5)12-8(4-11)13-9/h2-3H,4,11H2,1H3,(H,12,13). The summed E-state index contributed by atoms with van der Waals surface area (Å²) in [6.07, 6.45) is 0. The maximum atomic E-state index is 5.51. The first kappa shape index (κ1) is 8.96. The number of aryl methyl sites for hydroxylation is 1. The summed E-state index contributed by atoms with van der Waals surface area (Å²) in [5, 5.41) is 0. The van der Waals surface area contributed by atoms with Crippen LogP contribution in [0.25, 0.3) is 11.0 Å². The maximum Gasteiger partial charge on any atom is 0.121 e. The topological polar surface area (TPSA) is 54.7 Å². The van der Waals surface area contributed by atoms with E-state index in [4.69, 9.17) is 5.73 Å². The fourth-order valence-electron chi connectivity index (χ4n) is 1.36. The van der Waals surface area contributed by atoms with E-state index in [1.165, 1.54) is 9.13 Å². The maximum absolute atomic E-state index is 5.51. The fourth-order valence-corrected chi connectivity index (χ4v) is 2.26. The molecule has 0 saturated carbocycles. The van der Waals surface area contributed by atoms with E-state index < -0.39 is 0 Å². The quantitative estimate of drug-likeness (QED) is 0.787. The van der Waals surface area contributed by atoms with Crippen LogP contribution in [0.15, 0.2) is 12.1 Å². The molecule has 0 bridgehead atoms. The third-order valence-electron chi connectivity index (χ3n) is 1.93. The second-order valence-corrected chi connectivity index (χ2v) is 4.19. The summed E-state index contributed by atoms with van der Waals surface area (Å²) in [4.78, 5) is 7.57. The number of aromatic amines is 1. The van der Waals surface area contributed by atoms with Gasteiger partial charge < -0.3 is 10.7 Å². The van der Waals surface area contributed by atoms with E-state index in [1.807, 2.05) is 0 Å². The van der Waals surface area contributed by atoms with E-state index in [-0.39, 0.29) is 0 Å². The minimum Gasteiger partial charge on any atom is -0.341 e. The van der Waals surface area contributed by atoms with Crippen LogP contribution in [0.1, 0.15) is 11.4 Å². The average Bonchev–Trinajstić information content (AvgIpc) is 2.47. The van der Waals surface area contributed by atoms with Crippen molar-refractivity contribution in [3.8, 4) is 0 Å². The summed E-state index contributed by atoms with van der Waals surface area (Å²) in [7, 11) is 0. The number of nitrogens with one attached hydrogen (secondary N) is 1. The average molecular weight is 287 g/mol. The van der Waals surface area contributed by atoms with Crippen molar-refractivity contribution in [1.82, 2.24) is 9.97 Å². The zero-order chi connectivity index (χ0) is 9.42. The number of halogens is 1. The Morgan fingerprint density at radius 1 is 1.54 bits per heavy atom. The molecule has 68 valence electrons. The molecule has 0 unspecified atom stereocenters. The molecular formula is C9H10IN3. The molecule has 0 aliphatic rings. The number of nitrogens with two attached hydrogens (primary N) is 1. The van der Waals surface area contributed by atoms with Crippen molar-refractivity contribution in [3.05, 3.63) is 27.1 Å². The Bertz CT molecular complexity index is 447. The number of benzene rings is 1. The van der Waals surface area contributed by atoms with Crippen molar-refractivity contribution in [3.63, 3.8) is 0 Å². The molecular weight excluding hydrogens is 277 g/mol. The number of hydrogen-bond acceptors (Lipinski definition) is 2. The van der Waals surface area contributed by atoms with E-state index in [1.54, 1.807) is 0 Å². The van der Waals surface area contributed by atoms with Crippen LogP contribution in [-0.2, 0) is 6.54 Å². The van der Waals surface area contributed by atoms with Gasteiger partial charge in [0.25, 0.3) is 0 Å². The molecule has 0 atom stereocenters. The van der Waals surface area contributed by atoms with Gasteiger partial charge in [-0.3, -0.25) is 0 Å². The van der Waals surface area contributed by atoms with Crippen molar-refractivity contribution >= 4 is 33.6 Å². The molecule has 1 heterocycles. The first-order chi connectivity index (χ1) is 6.20. The Hall–Kier alpha value is -0.620. The molecule has 4 heteroatoms. The highest BCUT2D eigenvalue weighted by Gasteiger charge is 2.05. The molecule has 0 radical (unpaired) electrons. The van der Waals surface area contributed by atoms with Crippen LogP contribution in [0.2, 0.25) is 0 Å². The molecule has 0 saturated heterocycles. The number of nitrogens with zero attached hydrogens (tertiary/aromatic N) is 1. The van der Waals surface area contributed by atoms with Crippen molar-refractivity contribution in [2.45, 2.75) is 13.5 Å². The van der Waals surface area contributed by atoms with Crippen LogP contribution in [-0.4, -0.2) is 9.97 Å². The molecule has 1 aromatic heterocycles. The third kappa shape index (κ3) is 1.55. The summed E-state index contributed by atoms with van der Waals surface area (Å²) in [6, 6.07) is 4.20. The van der Waals surface area contributed by atoms with Crippen LogP contribution >= 0.6 is 22.6 Å². The Labute approximate surface area is 89.9 Å². The van der Waals surface area contributed by atoms with Gasteiger partial charge in [0, 0.05) is 3.57 Å². The van der Waals surface area contributed by atoms with Gasteiger partial charge in [0.05, 0.1) is 12.1 Å². The zero-order valence-electron chi connectivity index (χ0n) is 7.26. The summed E-state index contributed by atoms with van der Waals surface area (Å²) < 4.78 is 1.17. The lowest BCUT2D eigenvalue weighted by atomic mass is 10.2. The molecule has 2 aromatic rings. The van der Waals surface area contributed by atoms with Crippen LogP contribution in [0, 0.1) is 10.5 Å². The van der Waals surface area contributed by atoms with E-state index in [0.717, 1.165) is 16.9 Å². The van der Waals surface area contributed by atoms with Gasteiger partial charge in [0.15, 0.2) is 0 Å². The second kappa shape index (κ2) is 3.26. The Kier molecular flexibility index (Phi) is 2.25. The van der Waals surface area contributed by atoms with E-state index in [2.05, 4.69) is 51.6 Å². The number of hydrogen-bond donors (Lipinski definition) is 2. The lowest BCUT2D eigenvalue weighted by Crippen LogP contribution is -1.97. The predicted octanol–water partition coefficient (Wildman–Crippen LogP) is 1.93. The van der Waals surface area contributed by atoms with Crippen LogP contribution in [0.5, 0.6) is 0 Å². The molecule has 0 aliphatic carbocycles. The van der Waals surface area contributed by atoms with Gasteiger partial charge in [0.2, 0.25) is 0 Å². The van der Waals surface area contributed by atoms with E-state index >= 15 is 0 Å². The summed E-state index contributed by atoms with van der Waals surface area (Å²) in [5.74, 6) is 0.846. The minimum atomic E-state index is 0.462. The van der Waals surface area contributed by atoms with Crippen LogP contribution < -0.4 is 5.73 Å². The number of rotatable bonds is 1. The smallest absolute Gasteiger partial charge is 0.121 e. The first-order valence-electron chi connectivity index (χ1n) is 4.05. The minimum absolute atomic E-state index is 0.462. The van der Waals surface area contributed by atoms with Gasteiger partial charge in [-0.05, 0) is 47.2 Å². The lowest BCUT2D eigenvalue weighted by molar-refractivity contribution is 0.958. The summed E-state index contributed by atoms with van der Waals surface area (Å²) >= 11 is 2.29. The Balaban J connectivity index is 2.75. The van der Waals surface area contributed by atoms with Gasteiger partial charge in [-0.25, -0.2) is 4.98 Å². The second-order valence-electron chi connectivity index (χ2n) is 3.03. The molecule has 0 fully saturated rings. The highest BCUT2D eigenvalue weighted by Crippen LogP contribution is 2.20. The van der Waals surface area contributed by atoms with E-state index in [9.17, 15) is 0 Å². The Morgan fingerprint density at radius 2 is 2.31 bits per heavy atom. The lowest BCUT2D eigenvalue weighted by Gasteiger charge is -1.94. The van der Waals surface area contributed by atoms with Gasteiger partial charge in [-0.15, -0.1) is 0 Å². The van der Waals surface area contributed by atoms with E-state index in [0.29, 0.717) is 6.54 Å². The molecule has 0 amide bonds.